The lowest BCUT2D eigenvalue weighted by Gasteiger charge is -2.11. The van der Waals surface area contributed by atoms with Crippen molar-refractivity contribution >= 4 is 17.4 Å². The van der Waals surface area contributed by atoms with E-state index >= 15 is 0 Å². The summed E-state index contributed by atoms with van der Waals surface area (Å²) in [6.07, 6.45) is 0. The topological polar surface area (TPSA) is 87.0 Å². The van der Waals surface area contributed by atoms with Gasteiger partial charge in [0, 0.05) is 17.3 Å². The van der Waals surface area contributed by atoms with Crippen molar-refractivity contribution in [1.29, 1.82) is 0 Å². The Balaban J connectivity index is 1.60. The summed E-state index contributed by atoms with van der Waals surface area (Å²) < 4.78 is 45.2. The fourth-order valence-corrected chi connectivity index (χ4v) is 2.65. The van der Waals surface area contributed by atoms with Gasteiger partial charge >= 0.3 is 6.61 Å². The molecule has 162 valence electrons. The number of alkyl halides is 2. The average molecular weight is 431 g/mol. The minimum atomic E-state index is -3.00. The van der Waals surface area contributed by atoms with E-state index in [9.17, 15) is 18.4 Å². The number of rotatable bonds is 9. The second-order valence-corrected chi connectivity index (χ2v) is 6.33. The summed E-state index contributed by atoms with van der Waals surface area (Å²) in [6.45, 7) is -1.43. The maximum absolute atomic E-state index is 12.4. The Morgan fingerprint density at radius 3 is 2.42 bits per heavy atom. The molecule has 0 saturated heterocycles. The van der Waals surface area contributed by atoms with Gasteiger partial charge in [0.2, 0.25) is 0 Å². The Morgan fingerprint density at radius 2 is 1.77 bits per heavy atom. The number of carbonyl (C=O) groups is 2. The number of benzene rings is 2. The van der Waals surface area contributed by atoms with Gasteiger partial charge in [-0.15, -0.1) is 0 Å². The molecule has 0 bridgehead atoms. The van der Waals surface area contributed by atoms with Crippen LogP contribution < -0.4 is 19.5 Å². The van der Waals surface area contributed by atoms with E-state index in [4.69, 9.17) is 13.9 Å². The summed E-state index contributed by atoms with van der Waals surface area (Å²) in [7, 11) is 1.30. The van der Waals surface area contributed by atoms with Crippen molar-refractivity contribution in [3.63, 3.8) is 0 Å². The standard InChI is InChI=1S/C22H19F2NO6/c1-13(26)14-3-6-16(7-4-14)29-12-17-8-10-19(30-17)21(27)25-15-5-9-18(31-22(23)24)20(11-15)28-2/h3-11,22H,12H2,1-2H3,(H,25,27). The first-order valence-electron chi connectivity index (χ1n) is 9.12. The van der Waals surface area contributed by atoms with E-state index in [1.807, 2.05) is 0 Å². The molecule has 0 spiro atoms. The molecule has 1 heterocycles. The van der Waals surface area contributed by atoms with Crippen LogP contribution >= 0.6 is 0 Å². The van der Waals surface area contributed by atoms with Gasteiger partial charge in [0.1, 0.15) is 18.1 Å². The molecule has 0 aliphatic carbocycles. The molecule has 0 atom stereocenters. The first-order chi connectivity index (χ1) is 14.9. The third-order valence-electron chi connectivity index (χ3n) is 4.16. The van der Waals surface area contributed by atoms with E-state index in [2.05, 4.69) is 10.1 Å². The number of ketones is 1. The van der Waals surface area contributed by atoms with Crippen molar-refractivity contribution in [1.82, 2.24) is 0 Å². The molecule has 0 aliphatic rings. The first kappa shape index (κ1) is 21.8. The SMILES string of the molecule is COc1cc(NC(=O)c2ccc(COc3ccc(C(C)=O)cc3)o2)ccc1OC(F)F. The van der Waals surface area contributed by atoms with Gasteiger partial charge in [-0.1, -0.05) is 0 Å². The molecule has 3 rings (SSSR count). The largest absolute Gasteiger partial charge is 0.493 e. The zero-order valence-electron chi connectivity index (χ0n) is 16.7. The van der Waals surface area contributed by atoms with E-state index in [0.717, 1.165) is 0 Å². The summed E-state index contributed by atoms with van der Waals surface area (Å²) in [6, 6.07) is 13.7. The van der Waals surface area contributed by atoms with Crippen LogP contribution in [0.3, 0.4) is 0 Å². The number of halogens is 2. The number of nitrogens with one attached hydrogen (secondary N) is 1. The van der Waals surface area contributed by atoms with Crippen molar-refractivity contribution in [2.24, 2.45) is 0 Å². The number of carbonyl (C=O) groups excluding carboxylic acids is 2. The van der Waals surface area contributed by atoms with E-state index in [1.165, 1.54) is 38.3 Å². The van der Waals surface area contributed by atoms with Gasteiger partial charge in [-0.25, -0.2) is 0 Å². The predicted octanol–water partition coefficient (Wildman–Crippen LogP) is 4.92. The van der Waals surface area contributed by atoms with Crippen molar-refractivity contribution < 1.29 is 37.0 Å². The molecular formula is C22H19F2NO6. The molecular weight excluding hydrogens is 412 g/mol. The third-order valence-corrected chi connectivity index (χ3v) is 4.16. The lowest BCUT2D eigenvalue weighted by Crippen LogP contribution is -2.11. The van der Waals surface area contributed by atoms with Gasteiger partial charge in [0.15, 0.2) is 23.0 Å². The zero-order valence-corrected chi connectivity index (χ0v) is 16.7. The minimum Gasteiger partial charge on any atom is -0.493 e. The Kier molecular flexibility index (Phi) is 6.86. The molecule has 0 radical (unpaired) electrons. The minimum absolute atomic E-state index is 0.0393. The zero-order chi connectivity index (χ0) is 22.4. The van der Waals surface area contributed by atoms with Crippen LogP contribution in [0.2, 0.25) is 0 Å². The lowest BCUT2D eigenvalue weighted by molar-refractivity contribution is -0.0512. The van der Waals surface area contributed by atoms with Gasteiger partial charge < -0.3 is 23.9 Å². The van der Waals surface area contributed by atoms with Crippen LogP contribution in [0.5, 0.6) is 17.2 Å². The van der Waals surface area contributed by atoms with Crippen molar-refractivity contribution in [2.45, 2.75) is 20.1 Å². The van der Waals surface area contributed by atoms with E-state index in [-0.39, 0.29) is 29.6 Å². The molecule has 9 heteroatoms. The molecule has 1 amide bonds. The van der Waals surface area contributed by atoms with Crippen LogP contribution in [0, 0.1) is 0 Å². The number of amides is 1. The lowest BCUT2D eigenvalue weighted by atomic mass is 10.1. The molecule has 0 saturated carbocycles. The number of hydrogen-bond acceptors (Lipinski definition) is 6. The highest BCUT2D eigenvalue weighted by Gasteiger charge is 2.15. The van der Waals surface area contributed by atoms with E-state index < -0.39 is 12.5 Å². The maximum Gasteiger partial charge on any atom is 0.387 e. The van der Waals surface area contributed by atoms with Crippen molar-refractivity contribution in [3.8, 4) is 17.2 Å². The Bertz CT molecular complexity index is 1060. The summed E-state index contributed by atoms with van der Waals surface area (Å²) in [5.41, 5.74) is 0.887. The fraction of sp³-hybridized carbons (Fsp3) is 0.182. The number of Topliss-reactive ketones (excluding diaryl/α,β-unsaturated/α-hetero) is 1. The highest BCUT2D eigenvalue weighted by molar-refractivity contribution is 6.02. The number of ether oxygens (including phenoxy) is 3. The van der Waals surface area contributed by atoms with Crippen LogP contribution in [-0.2, 0) is 6.61 Å². The molecule has 1 N–H and O–H groups in total. The smallest absolute Gasteiger partial charge is 0.387 e. The second-order valence-electron chi connectivity index (χ2n) is 6.33. The fourth-order valence-electron chi connectivity index (χ4n) is 2.65. The first-order valence-corrected chi connectivity index (χ1v) is 9.12. The third kappa shape index (κ3) is 5.81. The molecule has 1 aromatic heterocycles. The van der Waals surface area contributed by atoms with Crippen LogP contribution in [0.4, 0.5) is 14.5 Å². The molecule has 0 aliphatic heterocycles. The van der Waals surface area contributed by atoms with Gasteiger partial charge in [0.25, 0.3) is 5.91 Å². The molecule has 0 unspecified atom stereocenters. The van der Waals surface area contributed by atoms with Crippen molar-refractivity contribution in [3.05, 3.63) is 71.7 Å². The monoisotopic (exact) mass is 431 g/mol. The number of methoxy groups -OCH3 is 1. The average Bonchev–Trinajstić information content (AvgIpc) is 3.22. The van der Waals surface area contributed by atoms with Gasteiger partial charge in [-0.2, -0.15) is 8.78 Å². The maximum atomic E-state index is 12.4. The van der Waals surface area contributed by atoms with Crippen molar-refractivity contribution in [2.75, 3.05) is 12.4 Å². The van der Waals surface area contributed by atoms with Crippen LogP contribution in [0.15, 0.2) is 59.0 Å². The Morgan fingerprint density at radius 1 is 1.03 bits per heavy atom. The Labute approximate surface area is 176 Å². The van der Waals surface area contributed by atoms with E-state index in [0.29, 0.717) is 22.8 Å². The van der Waals surface area contributed by atoms with Gasteiger partial charge in [-0.05, 0) is 55.5 Å². The van der Waals surface area contributed by atoms with Crippen LogP contribution in [0.1, 0.15) is 33.6 Å². The molecule has 0 fully saturated rings. The summed E-state index contributed by atoms with van der Waals surface area (Å²) in [5.74, 6) is 0.317. The molecule has 31 heavy (non-hydrogen) atoms. The molecule has 3 aromatic rings. The number of anilines is 1. The second kappa shape index (κ2) is 9.75. The summed E-state index contributed by atoms with van der Waals surface area (Å²) >= 11 is 0. The predicted molar refractivity (Wildman–Crippen MR) is 107 cm³/mol. The highest BCUT2D eigenvalue weighted by atomic mass is 19.3. The number of hydrogen-bond donors (Lipinski definition) is 1. The summed E-state index contributed by atoms with van der Waals surface area (Å²) in [4.78, 5) is 23.7. The Hall–Kier alpha value is -3.88. The quantitative estimate of drug-likeness (QED) is 0.484. The van der Waals surface area contributed by atoms with Crippen LogP contribution in [0.25, 0.3) is 0 Å². The van der Waals surface area contributed by atoms with Gasteiger partial charge in [0.05, 0.1) is 7.11 Å². The summed E-state index contributed by atoms with van der Waals surface area (Å²) in [5, 5.41) is 2.59. The highest BCUT2D eigenvalue weighted by Crippen LogP contribution is 2.31. The van der Waals surface area contributed by atoms with Gasteiger partial charge in [-0.3, -0.25) is 9.59 Å². The molecule has 2 aromatic carbocycles. The van der Waals surface area contributed by atoms with Crippen LogP contribution in [-0.4, -0.2) is 25.4 Å². The van der Waals surface area contributed by atoms with E-state index in [1.54, 1.807) is 30.3 Å². The molecule has 7 nitrogen and oxygen atoms in total. The normalized spacial score (nSPS) is 10.6. The number of furan rings is 1.